The molecule has 1 rings (SSSR count). The molecule has 2 atom stereocenters. The van der Waals surface area contributed by atoms with Crippen molar-refractivity contribution in [2.45, 2.75) is 44.8 Å². The van der Waals surface area contributed by atoms with E-state index in [2.05, 4.69) is 10.1 Å². The van der Waals surface area contributed by atoms with Crippen LogP contribution >= 0.6 is 0 Å². The number of hydrogen-bond acceptors (Lipinski definition) is 4. The summed E-state index contributed by atoms with van der Waals surface area (Å²) < 4.78 is 4.59. The minimum absolute atomic E-state index is 0.162. The first-order valence-electron chi connectivity index (χ1n) is 5.81. The predicted molar refractivity (Wildman–Crippen MR) is 62.0 cm³/mol. The number of nitrogens with one attached hydrogen (secondary N) is 1. The molecule has 0 radical (unpaired) electrons. The minimum atomic E-state index is -0.300. The fraction of sp³-hybridized carbons (Fsp3) is 0.750. The van der Waals surface area contributed by atoms with Gasteiger partial charge in [-0.3, -0.25) is 0 Å². The van der Waals surface area contributed by atoms with Crippen LogP contribution in [-0.4, -0.2) is 36.9 Å². The van der Waals surface area contributed by atoms with Gasteiger partial charge in [-0.2, -0.15) is 0 Å². The zero-order valence-electron chi connectivity index (χ0n) is 10.0. The van der Waals surface area contributed by atoms with Gasteiger partial charge in [-0.1, -0.05) is 18.9 Å². The van der Waals surface area contributed by atoms with Crippen molar-refractivity contribution in [1.82, 2.24) is 5.32 Å². The Morgan fingerprint density at radius 1 is 1.50 bits per heavy atom. The third-order valence-corrected chi connectivity index (χ3v) is 3.03. The molecule has 0 aromatic heterocycles. The number of aliphatic hydroxyl groups excluding tert-OH is 1. The number of aliphatic hydroxyl groups is 1. The lowest BCUT2D eigenvalue weighted by Crippen LogP contribution is -2.42. The molecule has 0 aromatic rings. The smallest absolute Gasteiger partial charge is 0.333 e. The highest BCUT2D eigenvalue weighted by Crippen LogP contribution is 2.18. The van der Waals surface area contributed by atoms with Gasteiger partial charge in [0.05, 0.1) is 13.2 Å². The molecule has 4 heteroatoms. The molecule has 4 nitrogen and oxygen atoms in total. The normalized spacial score (nSPS) is 26.6. The fourth-order valence-electron chi connectivity index (χ4n) is 1.96. The van der Waals surface area contributed by atoms with Crippen LogP contribution in [0.3, 0.4) is 0 Å². The van der Waals surface area contributed by atoms with Crippen molar-refractivity contribution in [3.8, 4) is 0 Å². The maximum absolute atomic E-state index is 11.1. The van der Waals surface area contributed by atoms with E-state index >= 15 is 0 Å². The molecular weight excluding hydrogens is 206 g/mol. The fourth-order valence-corrected chi connectivity index (χ4v) is 1.96. The number of hydrogen-bond donors (Lipinski definition) is 2. The van der Waals surface area contributed by atoms with Crippen LogP contribution in [-0.2, 0) is 9.53 Å². The summed E-state index contributed by atoms with van der Waals surface area (Å²) in [6, 6.07) is 0.162. The van der Waals surface area contributed by atoms with Crippen LogP contribution in [0.15, 0.2) is 11.6 Å². The van der Waals surface area contributed by atoms with Crippen LogP contribution in [0.25, 0.3) is 0 Å². The van der Waals surface area contributed by atoms with Gasteiger partial charge in [0.2, 0.25) is 0 Å². The van der Waals surface area contributed by atoms with Crippen molar-refractivity contribution in [2.75, 3.05) is 13.7 Å². The Morgan fingerprint density at radius 2 is 2.19 bits per heavy atom. The Balaban J connectivity index is 2.31. The minimum Gasteiger partial charge on any atom is -0.466 e. The summed E-state index contributed by atoms with van der Waals surface area (Å²) in [5.74, 6) is -0.300. The van der Waals surface area contributed by atoms with E-state index in [-0.39, 0.29) is 18.1 Å². The number of carbonyl (C=O) groups is 1. The number of rotatable bonds is 4. The molecule has 0 aliphatic heterocycles. The molecule has 16 heavy (non-hydrogen) atoms. The summed E-state index contributed by atoms with van der Waals surface area (Å²) >= 11 is 0. The summed E-state index contributed by atoms with van der Waals surface area (Å²) in [7, 11) is 1.37. The molecule has 0 amide bonds. The summed E-state index contributed by atoms with van der Waals surface area (Å²) in [4.78, 5) is 11.1. The van der Waals surface area contributed by atoms with Gasteiger partial charge in [0.15, 0.2) is 0 Å². The van der Waals surface area contributed by atoms with Gasteiger partial charge in [0, 0.05) is 18.2 Å². The van der Waals surface area contributed by atoms with Gasteiger partial charge < -0.3 is 15.2 Å². The van der Waals surface area contributed by atoms with E-state index in [9.17, 15) is 9.90 Å². The third kappa shape index (κ3) is 3.94. The molecule has 92 valence electrons. The molecule has 0 spiro atoms. The quantitative estimate of drug-likeness (QED) is 0.555. The van der Waals surface area contributed by atoms with Gasteiger partial charge >= 0.3 is 5.97 Å². The first kappa shape index (κ1) is 13.2. The second kappa shape index (κ2) is 6.66. The van der Waals surface area contributed by atoms with Gasteiger partial charge in [0.25, 0.3) is 0 Å². The summed E-state index contributed by atoms with van der Waals surface area (Å²) in [6.45, 7) is 2.33. The molecule has 1 aliphatic rings. The van der Waals surface area contributed by atoms with Gasteiger partial charge in [-0.05, 0) is 19.8 Å². The molecule has 2 N–H and O–H groups in total. The van der Waals surface area contributed by atoms with E-state index in [1.54, 1.807) is 13.0 Å². The molecule has 1 aliphatic carbocycles. The van der Waals surface area contributed by atoms with E-state index in [1.807, 2.05) is 0 Å². The van der Waals surface area contributed by atoms with Gasteiger partial charge in [-0.25, -0.2) is 4.79 Å². The van der Waals surface area contributed by atoms with Gasteiger partial charge in [0.1, 0.15) is 0 Å². The molecule has 0 bridgehead atoms. The molecule has 1 saturated carbocycles. The molecule has 0 aromatic carbocycles. The predicted octanol–water partition coefficient (Wildman–Crippen LogP) is 0.999. The van der Waals surface area contributed by atoms with E-state index < -0.39 is 0 Å². The standard InChI is InChI=1S/C12H21NO3/c1-9(12(15)16-2)7-8-13-10-5-3-4-6-11(10)14/h7,10-11,13-14H,3-6,8H2,1-2H3. The molecule has 2 unspecified atom stereocenters. The maximum atomic E-state index is 11.1. The summed E-state index contributed by atoms with van der Waals surface area (Å²) in [5.41, 5.74) is 0.597. The second-order valence-corrected chi connectivity index (χ2v) is 4.25. The van der Waals surface area contributed by atoms with E-state index in [0.717, 1.165) is 25.7 Å². The monoisotopic (exact) mass is 227 g/mol. The average molecular weight is 227 g/mol. The first-order valence-corrected chi connectivity index (χ1v) is 5.81. The van der Waals surface area contributed by atoms with Crippen LogP contribution in [0.2, 0.25) is 0 Å². The van der Waals surface area contributed by atoms with Crippen molar-refractivity contribution in [3.05, 3.63) is 11.6 Å². The average Bonchev–Trinajstić information content (AvgIpc) is 2.30. The number of ether oxygens (including phenoxy) is 1. The lowest BCUT2D eigenvalue weighted by atomic mass is 9.92. The maximum Gasteiger partial charge on any atom is 0.333 e. The van der Waals surface area contributed by atoms with E-state index in [1.165, 1.54) is 7.11 Å². The van der Waals surface area contributed by atoms with Crippen LogP contribution in [0.4, 0.5) is 0 Å². The Kier molecular flexibility index (Phi) is 5.49. The molecular formula is C12H21NO3. The highest BCUT2D eigenvalue weighted by Gasteiger charge is 2.21. The van der Waals surface area contributed by atoms with Crippen molar-refractivity contribution in [3.63, 3.8) is 0 Å². The van der Waals surface area contributed by atoms with Crippen molar-refractivity contribution >= 4 is 5.97 Å². The number of carbonyl (C=O) groups excluding carboxylic acids is 1. The largest absolute Gasteiger partial charge is 0.466 e. The zero-order valence-corrected chi connectivity index (χ0v) is 10.0. The zero-order chi connectivity index (χ0) is 12.0. The van der Waals surface area contributed by atoms with Crippen LogP contribution in [0.1, 0.15) is 32.6 Å². The Labute approximate surface area is 96.7 Å². The van der Waals surface area contributed by atoms with Crippen molar-refractivity contribution in [2.24, 2.45) is 0 Å². The lowest BCUT2D eigenvalue weighted by molar-refractivity contribution is -0.136. The molecule has 0 heterocycles. The van der Waals surface area contributed by atoms with Crippen molar-refractivity contribution in [1.29, 1.82) is 0 Å². The summed E-state index contributed by atoms with van der Waals surface area (Å²) in [5, 5.41) is 13.0. The van der Waals surface area contributed by atoms with E-state index in [4.69, 9.17) is 0 Å². The summed E-state index contributed by atoms with van der Waals surface area (Å²) in [6.07, 6.45) is 5.70. The van der Waals surface area contributed by atoms with Crippen molar-refractivity contribution < 1.29 is 14.6 Å². The van der Waals surface area contributed by atoms with Crippen LogP contribution in [0.5, 0.6) is 0 Å². The Morgan fingerprint density at radius 3 is 2.81 bits per heavy atom. The Bertz CT molecular complexity index is 263. The highest BCUT2D eigenvalue weighted by atomic mass is 16.5. The Hall–Kier alpha value is -0.870. The number of methoxy groups -OCH3 is 1. The van der Waals surface area contributed by atoms with E-state index in [0.29, 0.717) is 12.1 Å². The first-order chi connectivity index (χ1) is 7.65. The topological polar surface area (TPSA) is 58.6 Å². The SMILES string of the molecule is COC(=O)C(C)=CCNC1CCCCC1O. The number of esters is 1. The third-order valence-electron chi connectivity index (χ3n) is 3.03. The molecule has 0 saturated heterocycles. The molecule has 1 fully saturated rings. The van der Waals surface area contributed by atoms with Gasteiger partial charge in [-0.15, -0.1) is 0 Å². The van der Waals surface area contributed by atoms with Crippen LogP contribution in [0, 0.1) is 0 Å². The second-order valence-electron chi connectivity index (χ2n) is 4.25. The highest BCUT2D eigenvalue weighted by molar-refractivity contribution is 5.87. The van der Waals surface area contributed by atoms with Crippen LogP contribution < -0.4 is 5.32 Å². The lowest BCUT2D eigenvalue weighted by Gasteiger charge is -2.28.